The lowest BCUT2D eigenvalue weighted by molar-refractivity contribution is -0.146. The number of nitrogens with zero attached hydrogens (tertiary/aromatic N) is 2. The molecule has 7 heteroatoms. The van der Waals surface area contributed by atoms with Crippen LogP contribution in [0.25, 0.3) is 0 Å². The van der Waals surface area contributed by atoms with Crippen molar-refractivity contribution in [1.29, 1.82) is 0 Å². The van der Waals surface area contributed by atoms with Crippen LogP contribution < -0.4 is 15.4 Å². The average molecular weight is 328 g/mol. The first kappa shape index (κ1) is 16.0. The first-order valence-corrected chi connectivity index (χ1v) is 7.68. The molecule has 2 amide bonds. The number of ether oxygens (including phenoxy) is 1. The Bertz CT molecular complexity index is 808. The van der Waals surface area contributed by atoms with Crippen molar-refractivity contribution >= 4 is 17.5 Å². The summed E-state index contributed by atoms with van der Waals surface area (Å²) in [5, 5.41) is 9.74. The van der Waals surface area contributed by atoms with Gasteiger partial charge < -0.3 is 15.4 Å². The molecule has 0 saturated carbocycles. The molecule has 0 fully saturated rings. The fourth-order valence-electron chi connectivity index (χ4n) is 2.55. The van der Waals surface area contributed by atoms with E-state index < -0.39 is 17.4 Å². The van der Waals surface area contributed by atoms with Gasteiger partial charge in [0.2, 0.25) is 0 Å². The van der Waals surface area contributed by atoms with Crippen LogP contribution in [0.3, 0.4) is 0 Å². The molecule has 2 heterocycles. The summed E-state index contributed by atoms with van der Waals surface area (Å²) in [6, 6.07) is 7.30. The largest absolute Gasteiger partial charge is 0.466 e. The van der Waals surface area contributed by atoms with Crippen LogP contribution in [0, 0.1) is 13.8 Å². The molecule has 1 atom stereocenters. The summed E-state index contributed by atoms with van der Waals surface area (Å²) in [5.41, 5.74) is 1.66. The normalized spacial score (nSPS) is 19.2. The highest BCUT2D eigenvalue weighted by atomic mass is 16.5. The van der Waals surface area contributed by atoms with Crippen LogP contribution in [0.4, 0.5) is 5.69 Å². The molecule has 0 bridgehead atoms. The van der Waals surface area contributed by atoms with E-state index in [-0.39, 0.29) is 6.54 Å². The van der Waals surface area contributed by atoms with E-state index in [4.69, 9.17) is 4.74 Å². The number of hydrogen-bond donors (Lipinski definition) is 2. The first-order chi connectivity index (χ1) is 11.3. The molecule has 1 aromatic heterocycles. The van der Waals surface area contributed by atoms with Crippen LogP contribution in [0.2, 0.25) is 0 Å². The SMILES string of the molecule is Cc1ccc2c(c1)NC(=O)C(C)(C(=O)NCc1cc(C)n(C)n1)O2. The van der Waals surface area contributed by atoms with E-state index in [1.54, 1.807) is 16.8 Å². The monoisotopic (exact) mass is 328 g/mol. The van der Waals surface area contributed by atoms with E-state index in [1.807, 2.05) is 33.0 Å². The lowest BCUT2D eigenvalue weighted by Crippen LogP contribution is -2.58. The number of benzene rings is 1. The summed E-state index contributed by atoms with van der Waals surface area (Å²) < 4.78 is 7.44. The minimum Gasteiger partial charge on any atom is -0.466 e. The Labute approximate surface area is 140 Å². The van der Waals surface area contributed by atoms with E-state index in [0.29, 0.717) is 11.4 Å². The molecule has 0 saturated heterocycles. The van der Waals surface area contributed by atoms with Crippen LogP contribution in [0.1, 0.15) is 23.9 Å². The molecule has 1 aliphatic heterocycles. The smallest absolute Gasteiger partial charge is 0.278 e. The van der Waals surface area contributed by atoms with Gasteiger partial charge in [-0.3, -0.25) is 14.3 Å². The maximum Gasteiger partial charge on any atom is 0.278 e. The minimum atomic E-state index is -1.62. The predicted octanol–water partition coefficient (Wildman–Crippen LogP) is 1.44. The molecule has 3 rings (SSSR count). The number of nitrogens with one attached hydrogen (secondary N) is 2. The standard InChI is InChI=1S/C17H20N4O3/c1-10-5-6-14-13(7-10)19-16(23)17(3,24-14)15(22)18-9-12-8-11(2)21(4)20-12/h5-8H,9H2,1-4H3,(H,18,22)(H,19,23). The van der Waals surface area contributed by atoms with Gasteiger partial charge in [0.15, 0.2) is 0 Å². The number of aryl methyl sites for hydroxylation is 3. The Morgan fingerprint density at radius 2 is 2.12 bits per heavy atom. The summed E-state index contributed by atoms with van der Waals surface area (Å²) >= 11 is 0. The Hall–Kier alpha value is -2.83. The molecule has 0 spiro atoms. The summed E-state index contributed by atoms with van der Waals surface area (Å²) in [5.74, 6) is -0.517. The second kappa shape index (κ2) is 5.67. The van der Waals surface area contributed by atoms with E-state index in [9.17, 15) is 9.59 Å². The van der Waals surface area contributed by atoms with Gasteiger partial charge in [0.05, 0.1) is 17.9 Å². The number of amides is 2. The second-order valence-electron chi connectivity index (χ2n) is 6.17. The average Bonchev–Trinajstić information content (AvgIpc) is 2.85. The third kappa shape index (κ3) is 2.73. The number of carbonyl (C=O) groups is 2. The molecule has 126 valence electrons. The van der Waals surface area contributed by atoms with Crippen molar-refractivity contribution in [3.05, 3.63) is 41.2 Å². The third-order valence-corrected chi connectivity index (χ3v) is 4.16. The third-order valence-electron chi connectivity index (χ3n) is 4.16. The van der Waals surface area contributed by atoms with Crippen LogP contribution in [-0.2, 0) is 23.2 Å². The number of rotatable bonds is 3. The van der Waals surface area contributed by atoms with Crippen molar-refractivity contribution in [2.45, 2.75) is 32.9 Å². The highest BCUT2D eigenvalue weighted by Crippen LogP contribution is 2.34. The fraction of sp³-hybridized carbons (Fsp3) is 0.353. The van der Waals surface area contributed by atoms with Gasteiger partial charge in [-0.05, 0) is 44.5 Å². The molecule has 2 N–H and O–H groups in total. The Morgan fingerprint density at radius 3 is 2.79 bits per heavy atom. The van der Waals surface area contributed by atoms with Gasteiger partial charge >= 0.3 is 0 Å². The van der Waals surface area contributed by atoms with Crippen LogP contribution in [-0.4, -0.2) is 27.2 Å². The molecule has 24 heavy (non-hydrogen) atoms. The first-order valence-electron chi connectivity index (χ1n) is 7.68. The molecular formula is C17H20N4O3. The van der Waals surface area contributed by atoms with Gasteiger partial charge in [0.25, 0.3) is 17.4 Å². The Balaban J connectivity index is 1.76. The van der Waals surface area contributed by atoms with Crippen LogP contribution in [0.5, 0.6) is 5.75 Å². The van der Waals surface area contributed by atoms with E-state index in [0.717, 1.165) is 17.0 Å². The number of carbonyl (C=O) groups excluding carboxylic acids is 2. The van der Waals surface area contributed by atoms with Crippen molar-refractivity contribution in [1.82, 2.24) is 15.1 Å². The van der Waals surface area contributed by atoms with Crippen molar-refractivity contribution in [3.63, 3.8) is 0 Å². The zero-order valence-electron chi connectivity index (χ0n) is 14.1. The highest BCUT2D eigenvalue weighted by Gasteiger charge is 2.47. The van der Waals surface area contributed by atoms with E-state index in [2.05, 4.69) is 15.7 Å². The summed E-state index contributed by atoms with van der Waals surface area (Å²) in [7, 11) is 1.83. The molecule has 1 unspecified atom stereocenters. The molecular weight excluding hydrogens is 308 g/mol. The molecule has 1 aromatic carbocycles. The number of anilines is 1. The second-order valence-corrected chi connectivity index (χ2v) is 6.17. The Kier molecular flexibility index (Phi) is 3.79. The van der Waals surface area contributed by atoms with E-state index >= 15 is 0 Å². The van der Waals surface area contributed by atoms with Gasteiger partial charge in [-0.15, -0.1) is 0 Å². The summed E-state index contributed by atoms with van der Waals surface area (Å²) in [6.45, 7) is 5.54. The van der Waals surface area contributed by atoms with Crippen LogP contribution >= 0.6 is 0 Å². The fourth-order valence-corrected chi connectivity index (χ4v) is 2.55. The molecule has 0 aliphatic carbocycles. The van der Waals surface area contributed by atoms with Gasteiger partial charge in [0, 0.05) is 12.7 Å². The quantitative estimate of drug-likeness (QED) is 0.835. The number of hydrogen-bond acceptors (Lipinski definition) is 4. The van der Waals surface area contributed by atoms with Crippen molar-refractivity contribution < 1.29 is 14.3 Å². The van der Waals surface area contributed by atoms with Gasteiger partial charge in [-0.2, -0.15) is 5.10 Å². The maximum atomic E-state index is 12.5. The Morgan fingerprint density at radius 1 is 1.38 bits per heavy atom. The summed E-state index contributed by atoms with van der Waals surface area (Å²) in [4.78, 5) is 24.9. The lowest BCUT2D eigenvalue weighted by atomic mass is 10.0. The van der Waals surface area contributed by atoms with E-state index in [1.165, 1.54) is 6.92 Å². The van der Waals surface area contributed by atoms with Crippen LogP contribution in [0.15, 0.2) is 24.3 Å². The molecule has 0 radical (unpaired) electrons. The summed E-state index contributed by atoms with van der Waals surface area (Å²) in [6.07, 6.45) is 0. The molecule has 2 aromatic rings. The van der Waals surface area contributed by atoms with Gasteiger partial charge in [-0.1, -0.05) is 6.07 Å². The van der Waals surface area contributed by atoms with Crippen molar-refractivity contribution in [2.75, 3.05) is 5.32 Å². The highest BCUT2D eigenvalue weighted by molar-refractivity contribution is 6.15. The topological polar surface area (TPSA) is 85.3 Å². The van der Waals surface area contributed by atoms with Crippen molar-refractivity contribution in [3.8, 4) is 5.75 Å². The predicted molar refractivity (Wildman–Crippen MR) is 88.6 cm³/mol. The number of aromatic nitrogens is 2. The van der Waals surface area contributed by atoms with Crippen molar-refractivity contribution in [2.24, 2.45) is 7.05 Å². The zero-order valence-corrected chi connectivity index (χ0v) is 14.1. The van der Waals surface area contributed by atoms with Gasteiger partial charge in [0.1, 0.15) is 5.75 Å². The molecule has 1 aliphatic rings. The lowest BCUT2D eigenvalue weighted by Gasteiger charge is -2.33. The maximum absolute atomic E-state index is 12.5. The number of fused-ring (bicyclic) bond motifs is 1. The molecule has 7 nitrogen and oxygen atoms in total. The van der Waals surface area contributed by atoms with Gasteiger partial charge in [-0.25, -0.2) is 0 Å². The minimum absolute atomic E-state index is 0.230. The zero-order chi connectivity index (χ0) is 17.5.